The SMILES string of the molecule is Cc1ccccc1S(=O)(=O)Nc1cc(F)c(-c2ccccc2F)cn1. The third kappa shape index (κ3) is 3.51. The van der Waals surface area contributed by atoms with Crippen LogP contribution in [0, 0.1) is 18.6 Å². The molecule has 0 spiro atoms. The first-order valence-electron chi connectivity index (χ1n) is 7.37. The van der Waals surface area contributed by atoms with Gasteiger partial charge in [0.15, 0.2) is 0 Å². The number of rotatable bonds is 4. The van der Waals surface area contributed by atoms with Crippen molar-refractivity contribution in [2.45, 2.75) is 11.8 Å². The van der Waals surface area contributed by atoms with Gasteiger partial charge in [-0.3, -0.25) is 4.72 Å². The Kier molecular flexibility index (Phi) is 4.50. The van der Waals surface area contributed by atoms with E-state index in [1.54, 1.807) is 31.2 Å². The lowest BCUT2D eigenvalue weighted by molar-refractivity contribution is 0.600. The summed E-state index contributed by atoms with van der Waals surface area (Å²) in [4.78, 5) is 3.98. The second-order valence-corrected chi connectivity index (χ2v) is 7.05. The predicted molar refractivity (Wildman–Crippen MR) is 91.6 cm³/mol. The quantitative estimate of drug-likeness (QED) is 0.761. The fourth-order valence-electron chi connectivity index (χ4n) is 2.42. The van der Waals surface area contributed by atoms with Crippen molar-refractivity contribution >= 4 is 15.8 Å². The molecule has 0 radical (unpaired) electrons. The molecule has 1 N–H and O–H groups in total. The smallest absolute Gasteiger partial charge is 0.263 e. The number of anilines is 1. The van der Waals surface area contributed by atoms with E-state index in [9.17, 15) is 17.2 Å². The molecule has 3 rings (SSSR count). The number of hydrogen-bond acceptors (Lipinski definition) is 3. The van der Waals surface area contributed by atoms with Crippen LogP contribution in [0.2, 0.25) is 0 Å². The molecule has 1 aromatic heterocycles. The predicted octanol–water partition coefficient (Wildman–Crippen LogP) is 4.14. The summed E-state index contributed by atoms with van der Waals surface area (Å²) < 4.78 is 55.2. The highest BCUT2D eigenvalue weighted by atomic mass is 32.2. The van der Waals surface area contributed by atoms with Crippen LogP contribution in [0.4, 0.5) is 14.6 Å². The maximum atomic E-state index is 14.3. The van der Waals surface area contributed by atoms with Gasteiger partial charge in [0.05, 0.1) is 4.90 Å². The second-order valence-electron chi connectivity index (χ2n) is 5.40. The monoisotopic (exact) mass is 360 g/mol. The van der Waals surface area contributed by atoms with E-state index in [4.69, 9.17) is 0 Å². The molecule has 0 aliphatic heterocycles. The van der Waals surface area contributed by atoms with E-state index in [1.807, 2.05) is 0 Å². The van der Waals surface area contributed by atoms with E-state index >= 15 is 0 Å². The summed E-state index contributed by atoms with van der Waals surface area (Å²) in [6.07, 6.45) is 1.10. The zero-order valence-electron chi connectivity index (χ0n) is 13.2. The molecule has 0 amide bonds. The zero-order chi connectivity index (χ0) is 18.0. The number of benzene rings is 2. The molecule has 0 bridgehead atoms. The standard InChI is InChI=1S/C18H14F2N2O2S/c1-12-6-2-5-9-17(12)25(23,24)22-18-10-16(20)14(11-21-18)13-7-3-4-8-15(13)19/h2-11H,1H3,(H,21,22). The van der Waals surface area contributed by atoms with Crippen LogP contribution in [0.25, 0.3) is 11.1 Å². The Morgan fingerprint density at radius 3 is 2.28 bits per heavy atom. The van der Waals surface area contributed by atoms with Gasteiger partial charge >= 0.3 is 0 Å². The average molecular weight is 360 g/mol. The Morgan fingerprint density at radius 2 is 1.60 bits per heavy atom. The van der Waals surface area contributed by atoms with Gasteiger partial charge in [-0.2, -0.15) is 0 Å². The fourth-order valence-corrected chi connectivity index (χ4v) is 3.66. The van der Waals surface area contributed by atoms with Crippen molar-refractivity contribution in [3.05, 3.63) is 78.0 Å². The third-order valence-electron chi connectivity index (χ3n) is 3.64. The molecule has 0 atom stereocenters. The highest BCUT2D eigenvalue weighted by Crippen LogP contribution is 2.27. The molecule has 3 aromatic rings. The summed E-state index contributed by atoms with van der Waals surface area (Å²) in [5.41, 5.74) is 0.566. The number of aromatic nitrogens is 1. The zero-order valence-corrected chi connectivity index (χ0v) is 14.0. The first kappa shape index (κ1) is 17.0. The summed E-state index contributed by atoms with van der Waals surface area (Å²) >= 11 is 0. The van der Waals surface area contributed by atoms with Crippen molar-refractivity contribution < 1.29 is 17.2 Å². The Balaban J connectivity index is 1.94. The van der Waals surface area contributed by atoms with Gasteiger partial charge in [0.1, 0.15) is 17.5 Å². The Labute approximate surface area is 144 Å². The number of nitrogens with zero attached hydrogens (tertiary/aromatic N) is 1. The summed E-state index contributed by atoms with van der Waals surface area (Å²) in [5, 5.41) is 0. The third-order valence-corrected chi connectivity index (χ3v) is 5.15. The number of aryl methyl sites for hydroxylation is 1. The Morgan fingerprint density at radius 1 is 0.920 bits per heavy atom. The first-order valence-corrected chi connectivity index (χ1v) is 8.86. The van der Waals surface area contributed by atoms with Crippen molar-refractivity contribution in [3.63, 3.8) is 0 Å². The topological polar surface area (TPSA) is 59.1 Å². The number of sulfonamides is 1. The molecule has 128 valence electrons. The minimum atomic E-state index is -3.90. The number of nitrogens with one attached hydrogen (secondary N) is 1. The summed E-state index contributed by atoms with van der Waals surface area (Å²) in [7, 11) is -3.90. The molecular formula is C18H14F2N2O2S. The molecule has 4 nitrogen and oxygen atoms in total. The normalized spacial score (nSPS) is 11.3. The highest BCUT2D eigenvalue weighted by molar-refractivity contribution is 7.92. The minimum Gasteiger partial charge on any atom is -0.263 e. The molecule has 1 heterocycles. The van der Waals surface area contributed by atoms with Crippen LogP contribution in [0.5, 0.6) is 0 Å². The van der Waals surface area contributed by atoms with E-state index < -0.39 is 21.7 Å². The van der Waals surface area contributed by atoms with E-state index in [2.05, 4.69) is 9.71 Å². The van der Waals surface area contributed by atoms with Gasteiger partial charge in [0, 0.05) is 23.4 Å². The molecular weight excluding hydrogens is 346 g/mol. The van der Waals surface area contributed by atoms with Gasteiger partial charge in [-0.05, 0) is 24.6 Å². The van der Waals surface area contributed by atoms with Crippen molar-refractivity contribution in [2.75, 3.05) is 4.72 Å². The van der Waals surface area contributed by atoms with Crippen molar-refractivity contribution in [3.8, 4) is 11.1 Å². The minimum absolute atomic E-state index is 0.0445. The van der Waals surface area contributed by atoms with Crippen LogP contribution < -0.4 is 4.72 Å². The van der Waals surface area contributed by atoms with Gasteiger partial charge in [-0.1, -0.05) is 36.4 Å². The largest absolute Gasteiger partial charge is 0.263 e. The molecule has 0 unspecified atom stereocenters. The molecule has 0 aliphatic rings. The lowest BCUT2D eigenvalue weighted by atomic mass is 10.1. The van der Waals surface area contributed by atoms with Crippen LogP contribution in [0.3, 0.4) is 0 Å². The van der Waals surface area contributed by atoms with Gasteiger partial charge < -0.3 is 0 Å². The van der Waals surface area contributed by atoms with Crippen molar-refractivity contribution in [2.24, 2.45) is 0 Å². The fraction of sp³-hybridized carbons (Fsp3) is 0.0556. The maximum absolute atomic E-state index is 14.3. The van der Waals surface area contributed by atoms with E-state index in [1.165, 1.54) is 24.3 Å². The van der Waals surface area contributed by atoms with Crippen LogP contribution in [-0.4, -0.2) is 13.4 Å². The van der Waals surface area contributed by atoms with Crippen LogP contribution in [0.1, 0.15) is 5.56 Å². The number of hydrogen-bond donors (Lipinski definition) is 1. The Bertz CT molecular complexity index is 1040. The molecule has 0 saturated carbocycles. The molecule has 0 aliphatic carbocycles. The van der Waals surface area contributed by atoms with Crippen LogP contribution >= 0.6 is 0 Å². The highest BCUT2D eigenvalue weighted by Gasteiger charge is 2.18. The van der Waals surface area contributed by atoms with Gasteiger partial charge in [0.25, 0.3) is 10.0 Å². The van der Waals surface area contributed by atoms with Gasteiger partial charge in [0.2, 0.25) is 0 Å². The number of pyridine rings is 1. The van der Waals surface area contributed by atoms with Gasteiger partial charge in [-0.25, -0.2) is 22.2 Å². The lowest BCUT2D eigenvalue weighted by Gasteiger charge is -2.11. The first-order chi connectivity index (χ1) is 11.9. The average Bonchev–Trinajstić information content (AvgIpc) is 2.56. The summed E-state index contributed by atoms with van der Waals surface area (Å²) in [6.45, 7) is 1.66. The van der Waals surface area contributed by atoms with Crippen LogP contribution in [-0.2, 0) is 10.0 Å². The van der Waals surface area contributed by atoms with Crippen molar-refractivity contribution in [1.82, 2.24) is 4.98 Å². The maximum Gasteiger partial charge on any atom is 0.263 e. The second kappa shape index (κ2) is 6.60. The lowest BCUT2D eigenvalue weighted by Crippen LogP contribution is -2.15. The van der Waals surface area contributed by atoms with E-state index in [-0.39, 0.29) is 21.8 Å². The molecule has 7 heteroatoms. The molecule has 0 saturated heterocycles. The number of halogens is 2. The van der Waals surface area contributed by atoms with E-state index in [0.29, 0.717) is 5.56 Å². The molecule has 2 aromatic carbocycles. The summed E-state index contributed by atoms with van der Waals surface area (Å²) in [5.74, 6) is -1.54. The van der Waals surface area contributed by atoms with Gasteiger partial charge in [-0.15, -0.1) is 0 Å². The van der Waals surface area contributed by atoms with Crippen molar-refractivity contribution in [1.29, 1.82) is 0 Å². The molecule has 0 fully saturated rings. The summed E-state index contributed by atoms with van der Waals surface area (Å²) in [6, 6.07) is 13.0. The Hall–Kier alpha value is -2.80. The van der Waals surface area contributed by atoms with Crippen LogP contribution in [0.15, 0.2) is 65.7 Å². The van der Waals surface area contributed by atoms with E-state index in [0.717, 1.165) is 12.3 Å². The molecule has 25 heavy (non-hydrogen) atoms.